The van der Waals surface area contributed by atoms with Gasteiger partial charge in [-0.05, 0) is 35.9 Å². The fourth-order valence-corrected chi connectivity index (χ4v) is 3.05. The van der Waals surface area contributed by atoms with E-state index in [1.165, 1.54) is 11.3 Å². The van der Waals surface area contributed by atoms with Crippen LogP contribution in [-0.4, -0.2) is 34.1 Å². The Balaban J connectivity index is 1.46. The molecule has 2 amide bonds. The number of carbonyl (C=O) groups excluding carboxylic acids is 2. The minimum absolute atomic E-state index is 0.0942. The molecule has 0 saturated heterocycles. The third kappa shape index (κ3) is 5.58. The highest BCUT2D eigenvalue weighted by atomic mass is 32.1. The molecular formula is C19H19N5O3S. The maximum atomic E-state index is 12.3. The molecule has 0 spiro atoms. The van der Waals surface area contributed by atoms with Crippen molar-refractivity contribution in [3.05, 3.63) is 64.4 Å². The standard InChI is InChI=1S/C19H19N5O3S/c1-27-15-6-4-14(5-7-15)22-18(26)19-24-23-17(28-19)9-8-16(25)21-12-13-3-2-10-20-11-13/h2-7,10-11H,8-9,12H2,1H3,(H,21,25)(H,22,26). The van der Waals surface area contributed by atoms with Crippen molar-refractivity contribution in [1.82, 2.24) is 20.5 Å². The number of benzene rings is 1. The van der Waals surface area contributed by atoms with E-state index in [0.29, 0.717) is 29.4 Å². The number of anilines is 1. The summed E-state index contributed by atoms with van der Waals surface area (Å²) in [6.07, 6.45) is 4.09. The number of aromatic nitrogens is 3. The molecule has 0 atom stereocenters. The van der Waals surface area contributed by atoms with E-state index in [9.17, 15) is 9.59 Å². The molecule has 2 N–H and O–H groups in total. The molecular weight excluding hydrogens is 378 g/mol. The molecule has 144 valence electrons. The number of nitrogens with zero attached hydrogens (tertiary/aromatic N) is 3. The first kappa shape index (κ1) is 19.4. The van der Waals surface area contributed by atoms with Gasteiger partial charge in [-0.2, -0.15) is 0 Å². The number of rotatable bonds is 8. The minimum atomic E-state index is -0.338. The number of carbonyl (C=O) groups is 2. The first-order chi connectivity index (χ1) is 13.6. The summed E-state index contributed by atoms with van der Waals surface area (Å²) < 4.78 is 5.08. The second kappa shape index (κ2) is 9.56. The lowest BCUT2D eigenvalue weighted by Crippen LogP contribution is -2.23. The lowest BCUT2D eigenvalue weighted by Gasteiger charge is -2.04. The number of pyridine rings is 1. The summed E-state index contributed by atoms with van der Waals surface area (Å²) in [4.78, 5) is 28.2. The number of amides is 2. The van der Waals surface area contributed by atoms with Gasteiger partial charge in [-0.1, -0.05) is 17.4 Å². The normalized spacial score (nSPS) is 10.3. The molecule has 0 fully saturated rings. The van der Waals surface area contributed by atoms with Crippen molar-refractivity contribution in [2.45, 2.75) is 19.4 Å². The van der Waals surface area contributed by atoms with Crippen LogP contribution < -0.4 is 15.4 Å². The zero-order chi connectivity index (χ0) is 19.8. The Morgan fingerprint density at radius 1 is 1.14 bits per heavy atom. The number of hydrogen-bond acceptors (Lipinski definition) is 7. The second-order valence-electron chi connectivity index (χ2n) is 5.82. The Hall–Kier alpha value is -3.33. The number of nitrogens with one attached hydrogen (secondary N) is 2. The van der Waals surface area contributed by atoms with Crippen LogP contribution in [0.2, 0.25) is 0 Å². The zero-order valence-corrected chi connectivity index (χ0v) is 16.0. The second-order valence-corrected chi connectivity index (χ2v) is 6.88. The van der Waals surface area contributed by atoms with E-state index in [4.69, 9.17) is 4.74 Å². The van der Waals surface area contributed by atoms with Crippen molar-refractivity contribution < 1.29 is 14.3 Å². The Bertz CT molecular complexity index is 928. The van der Waals surface area contributed by atoms with E-state index in [0.717, 1.165) is 5.56 Å². The molecule has 9 heteroatoms. The largest absolute Gasteiger partial charge is 0.497 e. The van der Waals surface area contributed by atoms with Gasteiger partial charge in [-0.25, -0.2) is 0 Å². The highest BCUT2D eigenvalue weighted by molar-refractivity contribution is 7.13. The Morgan fingerprint density at radius 3 is 2.68 bits per heavy atom. The van der Waals surface area contributed by atoms with Crippen LogP contribution in [0.15, 0.2) is 48.8 Å². The highest BCUT2D eigenvalue weighted by Gasteiger charge is 2.14. The van der Waals surface area contributed by atoms with Gasteiger partial charge in [0, 0.05) is 37.5 Å². The van der Waals surface area contributed by atoms with Gasteiger partial charge in [0.25, 0.3) is 5.91 Å². The molecule has 3 rings (SSSR count). The monoisotopic (exact) mass is 397 g/mol. The number of aryl methyl sites for hydroxylation is 1. The summed E-state index contributed by atoms with van der Waals surface area (Å²) >= 11 is 1.18. The summed E-state index contributed by atoms with van der Waals surface area (Å²) in [5, 5.41) is 14.4. The van der Waals surface area contributed by atoms with E-state index in [2.05, 4.69) is 25.8 Å². The van der Waals surface area contributed by atoms with Crippen LogP contribution in [0.25, 0.3) is 0 Å². The average Bonchev–Trinajstić information content (AvgIpc) is 3.21. The molecule has 0 aliphatic heterocycles. The summed E-state index contributed by atoms with van der Waals surface area (Å²) in [5.74, 6) is 0.274. The summed E-state index contributed by atoms with van der Waals surface area (Å²) in [6.45, 7) is 0.429. The van der Waals surface area contributed by atoms with Crippen LogP contribution in [0, 0.1) is 0 Å². The van der Waals surface area contributed by atoms with Crippen LogP contribution >= 0.6 is 11.3 Å². The number of methoxy groups -OCH3 is 1. The molecule has 1 aromatic carbocycles. The lowest BCUT2D eigenvalue weighted by atomic mass is 10.2. The van der Waals surface area contributed by atoms with E-state index in [1.807, 2.05) is 12.1 Å². The quantitative estimate of drug-likeness (QED) is 0.605. The number of ether oxygens (including phenoxy) is 1. The summed E-state index contributed by atoms with van der Waals surface area (Å²) in [6, 6.07) is 10.7. The maximum absolute atomic E-state index is 12.3. The van der Waals surface area contributed by atoms with Gasteiger partial charge in [0.1, 0.15) is 10.8 Å². The smallest absolute Gasteiger partial charge is 0.286 e. The fraction of sp³-hybridized carbons (Fsp3) is 0.211. The number of hydrogen-bond donors (Lipinski definition) is 2. The van der Waals surface area contributed by atoms with E-state index < -0.39 is 0 Å². The van der Waals surface area contributed by atoms with Gasteiger partial charge < -0.3 is 15.4 Å². The van der Waals surface area contributed by atoms with Gasteiger partial charge in [-0.15, -0.1) is 10.2 Å². The minimum Gasteiger partial charge on any atom is -0.497 e. The predicted molar refractivity (Wildman–Crippen MR) is 105 cm³/mol. The molecule has 0 bridgehead atoms. The topological polar surface area (TPSA) is 106 Å². The van der Waals surface area contributed by atoms with Gasteiger partial charge in [-0.3, -0.25) is 14.6 Å². The van der Waals surface area contributed by atoms with E-state index >= 15 is 0 Å². The van der Waals surface area contributed by atoms with E-state index in [1.54, 1.807) is 43.8 Å². The van der Waals surface area contributed by atoms with Gasteiger partial charge >= 0.3 is 0 Å². The molecule has 3 aromatic rings. The molecule has 28 heavy (non-hydrogen) atoms. The molecule has 0 aliphatic carbocycles. The van der Waals surface area contributed by atoms with Gasteiger partial charge in [0.05, 0.1) is 7.11 Å². The van der Waals surface area contributed by atoms with E-state index in [-0.39, 0.29) is 23.2 Å². The van der Waals surface area contributed by atoms with Gasteiger partial charge in [0.15, 0.2) is 0 Å². The van der Waals surface area contributed by atoms with Crippen molar-refractivity contribution in [2.24, 2.45) is 0 Å². The Kier molecular flexibility index (Phi) is 6.64. The molecule has 2 heterocycles. The molecule has 0 radical (unpaired) electrons. The molecule has 2 aromatic heterocycles. The SMILES string of the molecule is COc1ccc(NC(=O)c2nnc(CCC(=O)NCc3cccnc3)s2)cc1. The zero-order valence-electron chi connectivity index (χ0n) is 15.2. The lowest BCUT2D eigenvalue weighted by molar-refractivity contribution is -0.121. The van der Waals surface area contributed by atoms with Crippen molar-refractivity contribution in [3.8, 4) is 5.75 Å². The molecule has 0 aliphatic rings. The van der Waals surface area contributed by atoms with Crippen LogP contribution in [0.1, 0.15) is 26.8 Å². The predicted octanol–water partition coefficient (Wildman–Crippen LogP) is 2.44. The Morgan fingerprint density at radius 2 is 1.96 bits per heavy atom. The van der Waals surface area contributed by atoms with Crippen LogP contribution in [0.4, 0.5) is 5.69 Å². The van der Waals surface area contributed by atoms with Crippen molar-refractivity contribution in [1.29, 1.82) is 0 Å². The van der Waals surface area contributed by atoms with Crippen LogP contribution in [-0.2, 0) is 17.8 Å². The highest BCUT2D eigenvalue weighted by Crippen LogP contribution is 2.17. The first-order valence-electron chi connectivity index (χ1n) is 8.57. The van der Waals surface area contributed by atoms with Crippen LogP contribution in [0.5, 0.6) is 5.75 Å². The summed E-state index contributed by atoms with van der Waals surface area (Å²) in [7, 11) is 1.58. The Labute approximate surface area is 166 Å². The first-order valence-corrected chi connectivity index (χ1v) is 9.39. The fourth-order valence-electron chi connectivity index (χ4n) is 2.32. The summed E-state index contributed by atoms with van der Waals surface area (Å²) in [5.41, 5.74) is 1.57. The van der Waals surface area contributed by atoms with Crippen molar-refractivity contribution >= 4 is 28.8 Å². The van der Waals surface area contributed by atoms with Crippen molar-refractivity contribution in [2.75, 3.05) is 12.4 Å². The van der Waals surface area contributed by atoms with Crippen molar-refractivity contribution in [3.63, 3.8) is 0 Å². The van der Waals surface area contributed by atoms with Crippen LogP contribution in [0.3, 0.4) is 0 Å². The third-order valence-corrected chi connectivity index (χ3v) is 4.77. The molecule has 8 nitrogen and oxygen atoms in total. The van der Waals surface area contributed by atoms with Gasteiger partial charge in [0.2, 0.25) is 10.9 Å². The third-order valence-electron chi connectivity index (χ3n) is 3.79. The maximum Gasteiger partial charge on any atom is 0.286 e. The molecule has 0 unspecified atom stereocenters. The molecule has 0 saturated carbocycles. The average molecular weight is 397 g/mol.